The summed E-state index contributed by atoms with van der Waals surface area (Å²) in [6.45, 7) is 2.55. The van der Waals surface area contributed by atoms with Crippen LogP contribution in [0.4, 0.5) is 5.69 Å². The number of hydrogen-bond acceptors (Lipinski definition) is 4. The van der Waals surface area contributed by atoms with Crippen LogP contribution in [0, 0.1) is 10.1 Å². The molecule has 0 radical (unpaired) electrons. The highest BCUT2D eigenvalue weighted by Gasteiger charge is 2.12. The molecule has 1 N–H and O–H groups in total. The molecule has 0 aliphatic heterocycles. The van der Waals surface area contributed by atoms with Crippen molar-refractivity contribution in [2.24, 2.45) is 0 Å². The van der Waals surface area contributed by atoms with Gasteiger partial charge in [-0.1, -0.05) is 6.92 Å². The van der Waals surface area contributed by atoms with Gasteiger partial charge in [0.1, 0.15) is 5.76 Å². The fraction of sp³-hybridized carbons (Fsp3) is 0.214. The first-order valence-corrected chi connectivity index (χ1v) is 6.24. The predicted octanol–water partition coefficient (Wildman–Crippen LogP) is 2.99. The molecule has 0 atom stereocenters. The average molecular weight is 274 g/mol. The maximum Gasteiger partial charge on any atom is 0.287 e. The molecular weight excluding hydrogens is 260 g/mol. The predicted molar refractivity (Wildman–Crippen MR) is 73.4 cm³/mol. The molecular formula is C14H14N2O4. The molecule has 20 heavy (non-hydrogen) atoms. The molecule has 2 rings (SSSR count). The lowest BCUT2D eigenvalue weighted by molar-refractivity contribution is -0.384. The first-order chi connectivity index (χ1) is 9.61. The van der Waals surface area contributed by atoms with Crippen molar-refractivity contribution < 1.29 is 14.1 Å². The minimum Gasteiger partial charge on any atom is -0.451 e. The molecule has 1 aromatic heterocycles. The lowest BCUT2D eigenvalue weighted by Crippen LogP contribution is -2.23. The standard InChI is InChI=1S/C14H14N2O4/c1-2-9-15-14(17)13-8-7-12(20-13)10-3-5-11(6-4-10)16(18)19/h3-8H,2,9H2,1H3,(H,15,17). The van der Waals surface area contributed by atoms with Gasteiger partial charge >= 0.3 is 0 Å². The minimum absolute atomic E-state index is 0.0150. The summed E-state index contributed by atoms with van der Waals surface area (Å²) in [5, 5.41) is 13.3. The zero-order valence-electron chi connectivity index (χ0n) is 11.0. The van der Waals surface area contributed by atoms with Crippen LogP contribution in [0.3, 0.4) is 0 Å². The Labute approximate surface area is 115 Å². The van der Waals surface area contributed by atoms with E-state index in [-0.39, 0.29) is 17.4 Å². The third-order valence-corrected chi connectivity index (χ3v) is 2.73. The lowest BCUT2D eigenvalue weighted by atomic mass is 10.1. The molecule has 1 aromatic carbocycles. The number of nitrogens with zero attached hydrogens (tertiary/aromatic N) is 1. The van der Waals surface area contributed by atoms with Gasteiger partial charge in [0.25, 0.3) is 11.6 Å². The van der Waals surface area contributed by atoms with E-state index in [1.807, 2.05) is 6.92 Å². The van der Waals surface area contributed by atoms with Crippen LogP contribution in [0.2, 0.25) is 0 Å². The fourth-order valence-corrected chi connectivity index (χ4v) is 1.69. The summed E-state index contributed by atoms with van der Waals surface area (Å²) in [6, 6.07) is 9.22. The molecule has 0 fully saturated rings. The molecule has 0 saturated carbocycles. The molecule has 0 aliphatic rings. The SMILES string of the molecule is CCCNC(=O)c1ccc(-c2ccc([N+](=O)[O-])cc2)o1. The van der Waals surface area contributed by atoms with Gasteiger partial charge < -0.3 is 9.73 Å². The second kappa shape index (κ2) is 6.01. The molecule has 1 amide bonds. The van der Waals surface area contributed by atoms with Gasteiger partial charge in [0.15, 0.2) is 5.76 Å². The van der Waals surface area contributed by atoms with Crippen LogP contribution in [0.15, 0.2) is 40.8 Å². The molecule has 2 aromatic rings. The highest BCUT2D eigenvalue weighted by atomic mass is 16.6. The third-order valence-electron chi connectivity index (χ3n) is 2.73. The van der Waals surface area contributed by atoms with E-state index in [0.717, 1.165) is 6.42 Å². The summed E-state index contributed by atoms with van der Waals surface area (Å²) in [5.74, 6) is 0.466. The molecule has 0 spiro atoms. The number of carbonyl (C=O) groups excluding carboxylic acids is 1. The molecule has 0 unspecified atom stereocenters. The maximum absolute atomic E-state index is 11.7. The number of amides is 1. The first kappa shape index (κ1) is 13.8. The summed E-state index contributed by atoms with van der Waals surface area (Å²) >= 11 is 0. The molecule has 0 aliphatic carbocycles. The van der Waals surface area contributed by atoms with E-state index in [1.165, 1.54) is 12.1 Å². The number of furan rings is 1. The normalized spacial score (nSPS) is 10.2. The summed E-state index contributed by atoms with van der Waals surface area (Å²) in [6.07, 6.45) is 0.849. The van der Waals surface area contributed by atoms with Crippen LogP contribution in [0.25, 0.3) is 11.3 Å². The van der Waals surface area contributed by atoms with E-state index in [0.29, 0.717) is 17.9 Å². The number of hydrogen-bond donors (Lipinski definition) is 1. The number of non-ortho nitro benzene ring substituents is 1. The van der Waals surface area contributed by atoms with Gasteiger partial charge in [0, 0.05) is 24.2 Å². The Morgan fingerprint density at radius 3 is 2.55 bits per heavy atom. The van der Waals surface area contributed by atoms with Crippen LogP contribution < -0.4 is 5.32 Å². The van der Waals surface area contributed by atoms with Crippen LogP contribution in [0.1, 0.15) is 23.9 Å². The Morgan fingerprint density at radius 1 is 1.25 bits per heavy atom. The third kappa shape index (κ3) is 3.03. The Bertz CT molecular complexity index is 616. The van der Waals surface area contributed by atoms with E-state index in [1.54, 1.807) is 24.3 Å². The molecule has 6 nitrogen and oxygen atoms in total. The van der Waals surface area contributed by atoms with Crippen molar-refractivity contribution in [1.82, 2.24) is 5.32 Å². The largest absolute Gasteiger partial charge is 0.451 e. The van der Waals surface area contributed by atoms with Crippen LogP contribution in [-0.2, 0) is 0 Å². The Morgan fingerprint density at radius 2 is 1.95 bits per heavy atom. The molecule has 6 heteroatoms. The van der Waals surface area contributed by atoms with Crippen molar-refractivity contribution in [3.05, 3.63) is 52.3 Å². The van der Waals surface area contributed by atoms with E-state index in [4.69, 9.17) is 4.42 Å². The number of rotatable bonds is 5. The van der Waals surface area contributed by atoms with Crippen molar-refractivity contribution in [3.8, 4) is 11.3 Å². The van der Waals surface area contributed by atoms with Gasteiger partial charge in [-0.05, 0) is 30.7 Å². The van der Waals surface area contributed by atoms with Crippen LogP contribution in [-0.4, -0.2) is 17.4 Å². The van der Waals surface area contributed by atoms with Crippen molar-refractivity contribution >= 4 is 11.6 Å². The Kier molecular flexibility index (Phi) is 4.14. The van der Waals surface area contributed by atoms with Gasteiger partial charge in [-0.3, -0.25) is 14.9 Å². The van der Waals surface area contributed by atoms with E-state index in [2.05, 4.69) is 5.32 Å². The first-order valence-electron chi connectivity index (χ1n) is 6.24. The number of benzene rings is 1. The van der Waals surface area contributed by atoms with E-state index >= 15 is 0 Å². The highest BCUT2D eigenvalue weighted by molar-refractivity contribution is 5.92. The van der Waals surface area contributed by atoms with Gasteiger partial charge in [-0.15, -0.1) is 0 Å². The number of nitrogens with one attached hydrogen (secondary N) is 1. The quantitative estimate of drug-likeness (QED) is 0.670. The maximum atomic E-state index is 11.7. The smallest absolute Gasteiger partial charge is 0.287 e. The monoisotopic (exact) mass is 274 g/mol. The number of nitro groups is 1. The van der Waals surface area contributed by atoms with Gasteiger partial charge in [0.2, 0.25) is 0 Å². The van der Waals surface area contributed by atoms with Gasteiger partial charge in [-0.25, -0.2) is 0 Å². The van der Waals surface area contributed by atoms with Crippen molar-refractivity contribution in [3.63, 3.8) is 0 Å². The summed E-state index contributed by atoms with van der Waals surface area (Å²) in [4.78, 5) is 21.8. The second-order valence-electron chi connectivity index (χ2n) is 4.22. The fourth-order valence-electron chi connectivity index (χ4n) is 1.69. The van der Waals surface area contributed by atoms with E-state index in [9.17, 15) is 14.9 Å². The van der Waals surface area contributed by atoms with Crippen LogP contribution >= 0.6 is 0 Å². The highest BCUT2D eigenvalue weighted by Crippen LogP contribution is 2.24. The summed E-state index contributed by atoms with van der Waals surface area (Å²) in [7, 11) is 0. The molecule has 1 heterocycles. The van der Waals surface area contributed by atoms with E-state index < -0.39 is 4.92 Å². The minimum atomic E-state index is -0.463. The van der Waals surface area contributed by atoms with Crippen molar-refractivity contribution in [2.75, 3.05) is 6.54 Å². The average Bonchev–Trinajstić information content (AvgIpc) is 2.94. The van der Waals surface area contributed by atoms with Crippen LogP contribution in [0.5, 0.6) is 0 Å². The number of nitro benzene ring substituents is 1. The summed E-state index contributed by atoms with van der Waals surface area (Å²) in [5.41, 5.74) is 0.700. The molecule has 0 bridgehead atoms. The van der Waals surface area contributed by atoms with Gasteiger partial charge in [-0.2, -0.15) is 0 Å². The topological polar surface area (TPSA) is 85.4 Å². The lowest BCUT2D eigenvalue weighted by Gasteiger charge is -2.00. The zero-order chi connectivity index (χ0) is 14.5. The Balaban J connectivity index is 2.16. The second-order valence-corrected chi connectivity index (χ2v) is 4.22. The van der Waals surface area contributed by atoms with Gasteiger partial charge in [0.05, 0.1) is 4.92 Å². The molecule has 0 saturated heterocycles. The number of carbonyl (C=O) groups is 1. The zero-order valence-corrected chi connectivity index (χ0v) is 11.0. The van der Waals surface area contributed by atoms with Crippen molar-refractivity contribution in [2.45, 2.75) is 13.3 Å². The van der Waals surface area contributed by atoms with Crippen molar-refractivity contribution in [1.29, 1.82) is 0 Å². The molecule has 104 valence electrons. The summed E-state index contributed by atoms with van der Waals surface area (Å²) < 4.78 is 5.45. The Hall–Kier alpha value is -2.63.